The molecule has 5 heteroatoms. The van der Waals surface area contributed by atoms with Gasteiger partial charge in [-0.2, -0.15) is 0 Å². The van der Waals surface area contributed by atoms with E-state index in [2.05, 4.69) is 27.1 Å². The molecule has 0 aliphatic carbocycles. The average Bonchev–Trinajstić information content (AvgIpc) is 2.46. The van der Waals surface area contributed by atoms with Crippen molar-refractivity contribution in [1.29, 1.82) is 0 Å². The van der Waals surface area contributed by atoms with E-state index in [1.54, 1.807) is 0 Å². The topological polar surface area (TPSA) is 61.3 Å². The maximum Gasteiger partial charge on any atom is 0.129 e. The summed E-state index contributed by atoms with van der Waals surface area (Å²) in [5.41, 5.74) is 1.10. The van der Waals surface area contributed by atoms with E-state index in [1.807, 2.05) is 13.0 Å². The quantitative estimate of drug-likeness (QED) is 0.825. The van der Waals surface area contributed by atoms with Crippen molar-refractivity contribution in [2.24, 2.45) is 5.92 Å². The first-order valence-electron chi connectivity index (χ1n) is 7.63. The predicted octanol–water partition coefficient (Wildman–Crippen LogP) is 1.46. The van der Waals surface area contributed by atoms with Gasteiger partial charge in [-0.1, -0.05) is 6.92 Å². The molecule has 2 heterocycles. The van der Waals surface area contributed by atoms with Crippen LogP contribution in [0.2, 0.25) is 0 Å². The summed E-state index contributed by atoms with van der Waals surface area (Å²) in [5.74, 6) is 2.49. The van der Waals surface area contributed by atoms with Gasteiger partial charge in [-0.25, -0.2) is 9.97 Å². The van der Waals surface area contributed by atoms with Crippen molar-refractivity contribution < 1.29 is 5.11 Å². The Morgan fingerprint density at radius 2 is 2.10 bits per heavy atom. The van der Waals surface area contributed by atoms with Crippen molar-refractivity contribution >= 4 is 5.82 Å². The summed E-state index contributed by atoms with van der Waals surface area (Å²) in [6.07, 6.45) is 3.33. The molecule has 0 atom stereocenters. The molecule has 5 nitrogen and oxygen atoms in total. The van der Waals surface area contributed by atoms with E-state index in [0.717, 1.165) is 49.9 Å². The third-order valence-corrected chi connectivity index (χ3v) is 3.95. The third kappa shape index (κ3) is 4.42. The van der Waals surface area contributed by atoms with Crippen LogP contribution >= 0.6 is 0 Å². The molecule has 0 amide bonds. The number of likely N-dealkylation sites (tertiary alicyclic amines) is 1. The van der Waals surface area contributed by atoms with Gasteiger partial charge in [-0.15, -0.1) is 0 Å². The molecule has 2 N–H and O–H groups in total. The molecule has 2 rings (SSSR count). The Morgan fingerprint density at radius 1 is 1.35 bits per heavy atom. The van der Waals surface area contributed by atoms with E-state index in [4.69, 9.17) is 5.11 Å². The van der Waals surface area contributed by atoms with Gasteiger partial charge in [0.25, 0.3) is 0 Å². The van der Waals surface area contributed by atoms with Crippen LogP contribution in [-0.2, 0) is 6.42 Å². The first kappa shape index (κ1) is 15.2. The number of nitrogens with one attached hydrogen (secondary N) is 1. The van der Waals surface area contributed by atoms with Gasteiger partial charge in [0.1, 0.15) is 11.6 Å². The van der Waals surface area contributed by atoms with Gasteiger partial charge in [0.05, 0.1) is 6.61 Å². The molecule has 0 unspecified atom stereocenters. The molecule has 0 spiro atoms. The normalized spacial score (nSPS) is 17.4. The predicted molar refractivity (Wildman–Crippen MR) is 80.9 cm³/mol. The molecular formula is C15H26N4O. The third-order valence-electron chi connectivity index (χ3n) is 3.95. The largest absolute Gasteiger partial charge is 0.395 e. The second-order valence-electron chi connectivity index (χ2n) is 5.53. The molecule has 1 aromatic rings. The van der Waals surface area contributed by atoms with E-state index in [9.17, 15) is 0 Å². The van der Waals surface area contributed by atoms with Crippen LogP contribution in [0.1, 0.15) is 31.3 Å². The smallest absolute Gasteiger partial charge is 0.129 e. The molecule has 20 heavy (non-hydrogen) atoms. The summed E-state index contributed by atoms with van der Waals surface area (Å²) >= 11 is 0. The Hall–Kier alpha value is -1.20. The van der Waals surface area contributed by atoms with Crippen molar-refractivity contribution in [1.82, 2.24) is 14.9 Å². The molecule has 1 saturated heterocycles. The van der Waals surface area contributed by atoms with Crippen LogP contribution in [0.4, 0.5) is 5.82 Å². The molecule has 0 saturated carbocycles. The Balaban J connectivity index is 1.80. The van der Waals surface area contributed by atoms with Crippen LogP contribution in [-0.4, -0.2) is 52.8 Å². The highest BCUT2D eigenvalue weighted by Gasteiger charge is 2.18. The summed E-state index contributed by atoms with van der Waals surface area (Å²) in [5, 5.41) is 12.4. The molecule has 0 radical (unpaired) electrons. The van der Waals surface area contributed by atoms with Crippen molar-refractivity contribution in [3.05, 3.63) is 17.6 Å². The lowest BCUT2D eigenvalue weighted by atomic mass is 9.97. The lowest BCUT2D eigenvalue weighted by Crippen LogP contribution is -2.37. The summed E-state index contributed by atoms with van der Waals surface area (Å²) in [6.45, 7) is 8.30. The minimum Gasteiger partial charge on any atom is -0.395 e. The molecule has 1 aliphatic heterocycles. The van der Waals surface area contributed by atoms with Gasteiger partial charge in [0.15, 0.2) is 0 Å². The minimum absolute atomic E-state index is 0.267. The fourth-order valence-electron chi connectivity index (χ4n) is 2.71. The Morgan fingerprint density at radius 3 is 2.75 bits per heavy atom. The van der Waals surface area contributed by atoms with E-state index in [0.29, 0.717) is 5.92 Å². The second-order valence-corrected chi connectivity index (χ2v) is 5.53. The zero-order chi connectivity index (χ0) is 14.4. The molecule has 0 aromatic carbocycles. The number of anilines is 1. The fourth-order valence-corrected chi connectivity index (χ4v) is 2.71. The number of aliphatic hydroxyl groups excluding tert-OH is 1. The first-order valence-corrected chi connectivity index (χ1v) is 7.63. The number of β-amino-alcohol motifs (C(OH)–C–C–N with tert-alkyl or cyclic N) is 1. The zero-order valence-corrected chi connectivity index (χ0v) is 12.6. The van der Waals surface area contributed by atoms with Gasteiger partial charge < -0.3 is 15.3 Å². The highest BCUT2D eigenvalue weighted by Crippen LogP contribution is 2.17. The van der Waals surface area contributed by atoms with Crippen LogP contribution in [0, 0.1) is 12.8 Å². The second kappa shape index (κ2) is 7.55. The van der Waals surface area contributed by atoms with E-state index in [1.165, 1.54) is 12.8 Å². The summed E-state index contributed by atoms with van der Waals surface area (Å²) in [6, 6.07) is 2.05. The molecule has 1 aromatic heterocycles. The summed E-state index contributed by atoms with van der Waals surface area (Å²) < 4.78 is 0. The lowest BCUT2D eigenvalue weighted by Gasteiger charge is -2.31. The standard InChI is InChI=1S/C15H26N4O/c1-3-14-10-15(18-12(2)17-14)16-11-13-4-6-19(7-5-13)8-9-20/h10,13,20H,3-9,11H2,1-2H3,(H,16,17,18). The van der Waals surface area contributed by atoms with Crippen molar-refractivity contribution in [2.75, 3.05) is 38.1 Å². The number of aromatic nitrogens is 2. The first-order chi connectivity index (χ1) is 9.71. The van der Waals surface area contributed by atoms with Crippen LogP contribution in [0.3, 0.4) is 0 Å². The highest BCUT2D eigenvalue weighted by molar-refractivity contribution is 5.36. The van der Waals surface area contributed by atoms with E-state index in [-0.39, 0.29) is 6.61 Å². The zero-order valence-electron chi connectivity index (χ0n) is 12.6. The molecule has 1 fully saturated rings. The summed E-state index contributed by atoms with van der Waals surface area (Å²) in [7, 11) is 0. The van der Waals surface area contributed by atoms with Crippen molar-refractivity contribution in [3.63, 3.8) is 0 Å². The Bertz CT molecular complexity index is 416. The van der Waals surface area contributed by atoms with E-state index >= 15 is 0 Å². The monoisotopic (exact) mass is 278 g/mol. The lowest BCUT2D eigenvalue weighted by molar-refractivity contribution is 0.151. The number of hydrogen-bond acceptors (Lipinski definition) is 5. The number of hydrogen-bond donors (Lipinski definition) is 2. The molecule has 0 bridgehead atoms. The van der Waals surface area contributed by atoms with Crippen molar-refractivity contribution in [3.8, 4) is 0 Å². The highest BCUT2D eigenvalue weighted by atomic mass is 16.3. The van der Waals surface area contributed by atoms with Crippen molar-refractivity contribution in [2.45, 2.75) is 33.1 Å². The van der Waals surface area contributed by atoms with Crippen LogP contribution in [0.25, 0.3) is 0 Å². The van der Waals surface area contributed by atoms with Crippen LogP contribution in [0.5, 0.6) is 0 Å². The molecule has 112 valence electrons. The minimum atomic E-state index is 0.267. The molecule has 1 aliphatic rings. The van der Waals surface area contributed by atoms with Gasteiger partial charge in [-0.3, -0.25) is 0 Å². The number of rotatable bonds is 6. The summed E-state index contributed by atoms with van der Waals surface area (Å²) in [4.78, 5) is 11.2. The van der Waals surface area contributed by atoms with Gasteiger partial charge >= 0.3 is 0 Å². The number of piperidine rings is 1. The maximum atomic E-state index is 8.94. The van der Waals surface area contributed by atoms with E-state index < -0.39 is 0 Å². The van der Waals surface area contributed by atoms with Crippen LogP contribution < -0.4 is 5.32 Å². The average molecular weight is 278 g/mol. The Labute approximate surface area is 121 Å². The maximum absolute atomic E-state index is 8.94. The van der Waals surface area contributed by atoms with Gasteiger partial charge in [-0.05, 0) is 45.2 Å². The van der Waals surface area contributed by atoms with Gasteiger partial charge in [0.2, 0.25) is 0 Å². The number of aryl methyl sites for hydroxylation is 2. The molecular weight excluding hydrogens is 252 g/mol. The SMILES string of the molecule is CCc1cc(NCC2CCN(CCO)CC2)nc(C)n1. The number of nitrogens with zero attached hydrogens (tertiary/aromatic N) is 3. The fraction of sp³-hybridized carbons (Fsp3) is 0.733. The number of aliphatic hydroxyl groups is 1. The van der Waals surface area contributed by atoms with Crippen LogP contribution in [0.15, 0.2) is 6.07 Å². The van der Waals surface area contributed by atoms with Gasteiger partial charge in [0, 0.05) is 24.8 Å². The Kier molecular flexibility index (Phi) is 5.73.